The van der Waals surface area contributed by atoms with E-state index in [4.69, 9.17) is 0 Å². The summed E-state index contributed by atoms with van der Waals surface area (Å²) in [4.78, 5) is 13.4. The minimum Gasteiger partial charge on any atom is -0.341 e. The van der Waals surface area contributed by atoms with Gasteiger partial charge in [0.25, 0.3) is 0 Å². The molecule has 2 rings (SSSR count). The number of likely N-dealkylation sites (tertiary alicyclic amines) is 1. The summed E-state index contributed by atoms with van der Waals surface area (Å²) >= 11 is 0. The molecule has 1 aliphatic heterocycles. The highest BCUT2D eigenvalue weighted by atomic mass is 16.2. The van der Waals surface area contributed by atoms with E-state index < -0.39 is 0 Å². The number of carbonyl (C=O) groups excluding carboxylic acids is 1. The molecule has 2 heterocycles. The predicted octanol–water partition coefficient (Wildman–Crippen LogP) is 1.04. The van der Waals surface area contributed by atoms with Crippen molar-refractivity contribution in [1.82, 2.24) is 20.0 Å². The Kier molecular flexibility index (Phi) is 4.36. The number of aromatic nitrogens is 2. The van der Waals surface area contributed by atoms with Gasteiger partial charge in [-0.2, -0.15) is 5.10 Å². The van der Waals surface area contributed by atoms with Gasteiger partial charge in [0, 0.05) is 44.5 Å². The highest BCUT2D eigenvalue weighted by Gasteiger charge is 2.20. The van der Waals surface area contributed by atoms with Crippen molar-refractivity contribution in [3.05, 3.63) is 18.5 Å². The van der Waals surface area contributed by atoms with Gasteiger partial charge in [-0.05, 0) is 26.3 Å². The lowest BCUT2D eigenvalue weighted by atomic mass is 10.2. The van der Waals surface area contributed by atoms with E-state index in [1.807, 2.05) is 21.8 Å². The molecular formula is C13H22N4O. The second-order valence-corrected chi connectivity index (χ2v) is 4.95. The molecule has 0 spiro atoms. The molecule has 1 aliphatic rings. The van der Waals surface area contributed by atoms with Crippen LogP contribution in [-0.2, 0) is 4.79 Å². The van der Waals surface area contributed by atoms with E-state index in [-0.39, 0.29) is 0 Å². The average Bonchev–Trinajstić information content (AvgIpc) is 3.00. The molecule has 1 amide bonds. The Morgan fingerprint density at radius 1 is 1.50 bits per heavy atom. The zero-order chi connectivity index (χ0) is 13.0. The summed E-state index contributed by atoms with van der Waals surface area (Å²) in [6.45, 7) is 6.88. The van der Waals surface area contributed by atoms with Crippen LogP contribution in [0.5, 0.6) is 0 Å². The molecule has 2 atom stereocenters. The fourth-order valence-electron chi connectivity index (χ4n) is 2.29. The molecule has 1 fully saturated rings. The maximum absolute atomic E-state index is 11.5. The summed E-state index contributed by atoms with van der Waals surface area (Å²) < 4.78 is 1.96. The fraction of sp³-hybridized carbons (Fsp3) is 0.692. The van der Waals surface area contributed by atoms with Crippen molar-refractivity contribution in [2.75, 3.05) is 19.6 Å². The zero-order valence-electron chi connectivity index (χ0n) is 11.2. The van der Waals surface area contributed by atoms with Crippen LogP contribution >= 0.6 is 0 Å². The normalized spacial score (nSPS) is 19.2. The number of nitrogens with zero attached hydrogens (tertiary/aromatic N) is 3. The molecule has 1 aromatic rings. The first kappa shape index (κ1) is 13.1. The van der Waals surface area contributed by atoms with Crippen LogP contribution in [0.25, 0.3) is 0 Å². The van der Waals surface area contributed by atoms with Gasteiger partial charge in [-0.25, -0.2) is 0 Å². The van der Waals surface area contributed by atoms with Crippen LogP contribution in [0.3, 0.4) is 0 Å². The van der Waals surface area contributed by atoms with E-state index in [1.165, 1.54) is 0 Å². The van der Waals surface area contributed by atoms with Crippen molar-refractivity contribution >= 4 is 5.91 Å². The molecule has 0 unspecified atom stereocenters. The summed E-state index contributed by atoms with van der Waals surface area (Å²) in [5.74, 6) is 0.296. The van der Waals surface area contributed by atoms with Gasteiger partial charge in [0.1, 0.15) is 0 Å². The molecule has 5 heteroatoms. The Labute approximate surface area is 108 Å². The van der Waals surface area contributed by atoms with Crippen molar-refractivity contribution in [2.45, 2.75) is 38.8 Å². The van der Waals surface area contributed by atoms with Crippen molar-refractivity contribution in [2.24, 2.45) is 0 Å². The van der Waals surface area contributed by atoms with E-state index >= 15 is 0 Å². The van der Waals surface area contributed by atoms with Crippen LogP contribution in [0.2, 0.25) is 0 Å². The number of rotatable bonds is 6. The largest absolute Gasteiger partial charge is 0.341 e. The van der Waals surface area contributed by atoms with Crippen LogP contribution < -0.4 is 5.32 Å². The van der Waals surface area contributed by atoms with Crippen LogP contribution in [0, 0.1) is 0 Å². The van der Waals surface area contributed by atoms with Crippen molar-refractivity contribution in [3.63, 3.8) is 0 Å². The second-order valence-electron chi connectivity index (χ2n) is 4.95. The Balaban J connectivity index is 1.71. The van der Waals surface area contributed by atoms with Gasteiger partial charge in [-0.3, -0.25) is 9.48 Å². The number of carbonyl (C=O) groups is 1. The van der Waals surface area contributed by atoms with E-state index in [2.05, 4.69) is 24.3 Å². The molecule has 1 N–H and O–H groups in total. The number of hydrogen-bond acceptors (Lipinski definition) is 3. The number of amides is 1. The molecule has 5 nitrogen and oxygen atoms in total. The Morgan fingerprint density at radius 3 is 2.94 bits per heavy atom. The summed E-state index contributed by atoms with van der Waals surface area (Å²) in [5.41, 5.74) is 0. The number of hydrogen-bond donors (Lipinski definition) is 1. The minimum absolute atomic E-state index is 0.296. The lowest BCUT2D eigenvalue weighted by Gasteiger charge is -2.23. The lowest BCUT2D eigenvalue weighted by molar-refractivity contribution is -0.127. The van der Waals surface area contributed by atoms with Crippen molar-refractivity contribution in [1.29, 1.82) is 0 Å². The minimum atomic E-state index is 0.296. The molecule has 0 aromatic carbocycles. The first-order valence-electron chi connectivity index (χ1n) is 6.69. The van der Waals surface area contributed by atoms with Crippen LogP contribution in [-0.4, -0.2) is 46.3 Å². The SMILES string of the molecule is C[C@H]([C@@H](C)NCCN1CCCC1=O)n1cccn1. The summed E-state index contributed by atoms with van der Waals surface area (Å²) in [7, 11) is 0. The third-order valence-corrected chi connectivity index (χ3v) is 3.69. The van der Waals surface area contributed by atoms with Crippen LogP contribution in [0.15, 0.2) is 18.5 Å². The lowest BCUT2D eigenvalue weighted by Crippen LogP contribution is -2.39. The quantitative estimate of drug-likeness (QED) is 0.821. The summed E-state index contributed by atoms with van der Waals surface area (Å²) in [6, 6.07) is 2.59. The van der Waals surface area contributed by atoms with Crippen molar-refractivity contribution in [3.8, 4) is 0 Å². The fourth-order valence-corrected chi connectivity index (χ4v) is 2.29. The molecular weight excluding hydrogens is 228 g/mol. The first-order chi connectivity index (χ1) is 8.68. The predicted molar refractivity (Wildman–Crippen MR) is 70.2 cm³/mol. The highest BCUT2D eigenvalue weighted by molar-refractivity contribution is 5.78. The van der Waals surface area contributed by atoms with Gasteiger partial charge in [0.15, 0.2) is 0 Å². The molecule has 18 heavy (non-hydrogen) atoms. The Bertz CT molecular complexity index is 376. The average molecular weight is 250 g/mol. The van der Waals surface area contributed by atoms with E-state index in [0.717, 1.165) is 32.5 Å². The van der Waals surface area contributed by atoms with E-state index in [9.17, 15) is 4.79 Å². The molecule has 0 bridgehead atoms. The molecule has 0 saturated carbocycles. The third-order valence-electron chi connectivity index (χ3n) is 3.69. The smallest absolute Gasteiger partial charge is 0.222 e. The number of nitrogens with one attached hydrogen (secondary N) is 1. The maximum atomic E-state index is 11.5. The second kappa shape index (κ2) is 6.00. The van der Waals surface area contributed by atoms with Gasteiger partial charge in [-0.1, -0.05) is 0 Å². The van der Waals surface area contributed by atoms with E-state index in [0.29, 0.717) is 18.0 Å². The molecule has 100 valence electrons. The zero-order valence-corrected chi connectivity index (χ0v) is 11.2. The van der Waals surface area contributed by atoms with Gasteiger partial charge in [-0.15, -0.1) is 0 Å². The topological polar surface area (TPSA) is 50.2 Å². The van der Waals surface area contributed by atoms with Gasteiger partial charge < -0.3 is 10.2 Å². The monoisotopic (exact) mass is 250 g/mol. The van der Waals surface area contributed by atoms with E-state index in [1.54, 1.807) is 6.20 Å². The standard InChI is InChI=1S/C13H22N4O/c1-11(12(2)17-9-4-6-15-17)14-7-10-16-8-3-5-13(16)18/h4,6,9,11-12,14H,3,5,7-8,10H2,1-2H3/t11-,12-/m1/s1. The molecule has 0 aliphatic carbocycles. The van der Waals surface area contributed by atoms with Gasteiger partial charge in [0.2, 0.25) is 5.91 Å². The Hall–Kier alpha value is -1.36. The summed E-state index contributed by atoms with van der Waals surface area (Å²) in [5, 5.41) is 7.71. The maximum Gasteiger partial charge on any atom is 0.222 e. The Morgan fingerprint density at radius 2 is 2.33 bits per heavy atom. The summed E-state index contributed by atoms with van der Waals surface area (Å²) in [6.07, 6.45) is 5.51. The van der Waals surface area contributed by atoms with Gasteiger partial charge >= 0.3 is 0 Å². The molecule has 1 saturated heterocycles. The third kappa shape index (κ3) is 3.10. The van der Waals surface area contributed by atoms with Crippen LogP contribution in [0.1, 0.15) is 32.7 Å². The van der Waals surface area contributed by atoms with Crippen molar-refractivity contribution < 1.29 is 4.79 Å². The first-order valence-corrected chi connectivity index (χ1v) is 6.69. The highest BCUT2D eigenvalue weighted by Crippen LogP contribution is 2.10. The molecule has 0 radical (unpaired) electrons. The van der Waals surface area contributed by atoms with Gasteiger partial charge in [0.05, 0.1) is 6.04 Å². The molecule has 1 aromatic heterocycles. The van der Waals surface area contributed by atoms with Crippen LogP contribution in [0.4, 0.5) is 0 Å².